The number of amides is 1. The first-order valence-corrected chi connectivity index (χ1v) is 9.11. The monoisotopic (exact) mass is 343 g/mol. The molecule has 126 valence electrons. The number of carbonyl (C=O) groups excluding carboxylic acids is 1. The van der Waals surface area contributed by atoms with Crippen LogP contribution in [0.4, 0.5) is 0 Å². The Hall–Kier alpha value is -2.07. The molecule has 1 aliphatic rings. The van der Waals surface area contributed by atoms with Crippen LogP contribution in [0.2, 0.25) is 0 Å². The van der Waals surface area contributed by atoms with Gasteiger partial charge in [-0.3, -0.25) is 9.20 Å². The lowest BCUT2D eigenvalue weighted by Crippen LogP contribution is -2.52. The van der Waals surface area contributed by atoms with Gasteiger partial charge in [-0.05, 0) is 31.9 Å². The molecule has 0 saturated heterocycles. The summed E-state index contributed by atoms with van der Waals surface area (Å²) in [6, 6.07) is 8.09. The molecule has 0 aliphatic heterocycles. The first-order chi connectivity index (χ1) is 11.6. The number of nitrogens with zero attached hydrogens (tertiary/aromatic N) is 5. The Morgan fingerprint density at radius 3 is 2.83 bits per heavy atom. The van der Waals surface area contributed by atoms with Crippen molar-refractivity contribution in [2.75, 3.05) is 7.05 Å². The lowest BCUT2D eigenvalue weighted by Gasteiger charge is -2.40. The molecule has 1 aliphatic carbocycles. The average molecular weight is 343 g/mol. The molecule has 0 radical (unpaired) electrons. The van der Waals surface area contributed by atoms with Crippen LogP contribution in [-0.4, -0.2) is 43.2 Å². The van der Waals surface area contributed by atoms with E-state index in [1.165, 1.54) is 11.8 Å². The van der Waals surface area contributed by atoms with Crippen LogP contribution < -0.4 is 0 Å². The van der Waals surface area contributed by atoms with Gasteiger partial charge in [0.15, 0.2) is 10.8 Å². The number of nitriles is 1. The van der Waals surface area contributed by atoms with Gasteiger partial charge in [-0.15, -0.1) is 10.2 Å². The summed E-state index contributed by atoms with van der Waals surface area (Å²) in [6.45, 7) is 1.86. The van der Waals surface area contributed by atoms with Crippen LogP contribution in [0.3, 0.4) is 0 Å². The van der Waals surface area contributed by atoms with E-state index in [9.17, 15) is 10.1 Å². The number of rotatable bonds is 4. The van der Waals surface area contributed by atoms with E-state index in [2.05, 4.69) is 16.3 Å². The molecule has 3 rings (SSSR count). The number of pyridine rings is 1. The van der Waals surface area contributed by atoms with Crippen molar-refractivity contribution >= 4 is 23.3 Å². The van der Waals surface area contributed by atoms with Gasteiger partial charge in [0, 0.05) is 13.2 Å². The van der Waals surface area contributed by atoms with E-state index in [0.29, 0.717) is 5.16 Å². The summed E-state index contributed by atoms with van der Waals surface area (Å²) in [5.74, 6) is -0.0314. The molecule has 2 heterocycles. The second-order valence-corrected chi connectivity index (χ2v) is 7.58. The van der Waals surface area contributed by atoms with Crippen LogP contribution >= 0.6 is 11.8 Å². The van der Waals surface area contributed by atoms with Crippen molar-refractivity contribution < 1.29 is 4.79 Å². The summed E-state index contributed by atoms with van der Waals surface area (Å²) in [6.07, 6.45) is 6.55. The predicted molar refractivity (Wildman–Crippen MR) is 92.5 cm³/mol. The summed E-state index contributed by atoms with van der Waals surface area (Å²) in [4.78, 5) is 14.5. The predicted octanol–water partition coefficient (Wildman–Crippen LogP) is 2.89. The van der Waals surface area contributed by atoms with E-state index in [0.717, 1.165) is 37.8 Å². The molecule has 24 heavy (non-hydrogen) atoms. The van der Waals surface area contributed by atoms with Gasteiger partial charge in [-0.25, -0.2) is 0 Å². The van der Waals surface area contributed by atoms with Crippen LogP contribution in [0.15, 0.2) is 29.6 Å². The molecule has 1 fully saturated rings. The zero-order valence-corrected chi connectivity index (χ0v) is 14.8. The highest BCUT2D eigenvalue weighted by Gasteiger charge is 2.40. The number of thioether (sulfide) groups is 1. The third kappa shape index (κ3) is 2.98. The first-order valence-electron chi connectivity index (χ1n) is 8.23. The zero-order chi connectivity index (χ0) is 17.2. The Bertz CT molecular complexity index is 775. The quantitative estimate of drug-likeness (QED) is 0.798. The van der Waals surface area contributed by atoms with Gasteiger partial charge in [-0.1, -0.05) is 37.1 Å². The third-order valence-corrected chi connectivity index (χ3v) is 5.82. The van der Waals surface area contributed by atoms with Crippen molar-refractivity contribution in [3.8, 4) is 6.07 Å². The Kier molecular flexibility index (Phi) is 4.76. The maximum atomic E-state index is 12.9. The van der Waals surface area contributed by atoms with Gasteiger partial charge < -0.3 is 4.90 Å². The molecule has 0 spiro atoms. The molecule has 0 N–H and O–H groups in total. The van der Waals surface area contributed by atoms with E-state index in [1.807, 2.05) is 35.7 Å². The molecule has 6 nitrogen and oxygen atoms in total. The second-order valence-electron chi connectivity index (χ2n) is 6.27. The molecule has 0 aromatic carbocycles. The van der Waals surface area contributed by atoms with E-state index in [-0.39, 0.29) is 11.2 Å². The number of hydrogen-bond acceptors (Lipinski definition) is 5. The number of aromatic nitrogens is 3. The lowest BCUT2D eigenvalue weighted by molar-refractivity contribution is -0.133. The largest absolute Gasteiger partial charge is 0.326 e. The maximum Gasteiger partial charge on any atom is 0.236 e. The highest BCUT2D eigenvalue weighted by atomic mass is 32.2. The standard InChI is InChI=1S/C17H21N5OS/c1-13(24-16-20-19-14-8-4-7-11-22(14)16)15(23)21(2)17(12-18)9-5-3-6-10-17/h4,7-8,11,13H,3,5-6,9-10H2,1-2H3/t13-/m1/s1. The van der Waals surface area contributed by atoms with Gasteiger partial charge in [0.2, 0.25) is 5.91 Å². The first kappa shape index (κ1) is 16.8. The minimum Gasteiger partial charge on any atom is -0.326 e. The van der Waals surface area contributed by atoms with Crippen LogP contribution in [-0.2, 0) is 4.79 Å². The Balaban J connectivity index is 1.75. The van der Waals surface area contributed by atoms with Crippen LogP contribution in [0.5, 0.6) is 0 Å². The number of hydrogen-bond donors (Lipinski definition) is 0. The summed E-state index contributed by atoms with van der Waals surface area (Å²) < 4.78 is 1.87. The molecule has 0 bridgehead atoms. The van der Waals surface area contributed by atoms with E-state index >= 15 is 0 Å². The van der Waals surface area contributed by atoms with Crippen molar-refractivity contribution in [2.24, 2.45) is 0 Å². The fourth-order valence-electron chi connectivity index (χ4n) is 3.25. The SMILES string of the molecule is C[C@@H](Sc1nnc2ccccn12)C(=O)N(C)C1(C#N)CCCCC1. The minimum absolute atomic E-state index is 0.0314. The topological polar surface area (TPSA) is 74.3 Å². The van der Waals surface area contributed by atoms with Crippen molar-refractivity contribution in [3.63, 3.8) is 0 Å². The van der Waals surface area contributed by atoms with Gasteiger partial charge >= 0.3 is 0 Å². The zero-order valence-electron chi connectivity index (χ0n) is 14.0. The average Bonchev–Trinajstić information content (AvgIpc) is 3.04. The molecular formula is C17H21N5OS. The Morgan fingerprint density at radius 1 is 1.38 bits per heavy atom. The van der Waals surface area contributed by atoms with E-state index < -0.39 is 5.54 Å². The van der Waals surface area contributed by atoms with Crippen LogP contribution in [0.25, 0.3) is 5.65 Å². The molecule has 1 saturated carbocycles. The highest BCUT2D eigenvalue weighted by Crippen LogP contribution is 2.34. The molecule has 1 atom stereocenters. The second kappa shape index (κ2) is 6.81. The van der Waals surface area contributed by atoms with Gasteiger partial charge in [0.25, 0.3) is 0 Å². The molecule has 1 amide bonds. The Labute approximate surface area is 145 Å². The summed E-state index contributed by atoms with van der Waals surface area (Å²) in [5.41, 5.74) is 0.102. The fraction of sp³-hybridized carbons (Fsp3) is 0.529. The molecule has 2 aromatic rings. The van der Waals surface area contributed by atoms with Crippen LogP contribution in [0, 0.1) is 11.3 Å². The molecule has 0 unspecified atom stereocenters. The van der Waals surface area contributed by atoms with Crippen molar-refractivity contribution in [2.45, 2.75) is 55.0 Å². The van der Waals surface area contributed by atoms with Crippen LogP contribution in [0.1, 0.15) is 39.0 Å². The molecule has 2 aromatic heterocycles. The lowest BCUT2D eigenvalue weighted by atomic mass is 9.81. The van der Waals surface area contributed by atoms with E-state index in [1.54, 1.807) is 11.9 Å². The molecule has 7 heteroatoms. The van der Waals surface area contributed by atoms with Gasteiger partial charge in [0.1, 0.15) is 5.54 Å². The fourth-order valence-corrected chi connectivity index (χ4v) is 4.18. The molecular weight excluding hydrogens is 322 g/mol. The summed E-state index contributed by atoms with van der Waals surface area (Å²) in [7, 11) is 1.76. The van der Waals surface area contributed by atoms with E-state index in [4.69, 9.17) is 0 Å². The summed E-state index contributed by atoms with van der Waals surface area (Å²) >= 11 is 1.38. The Morgan fingerprint density at radius 2 is 2.12 bits per heavy atom. The van der Waals surface area contributed by atoms with Crippen molar-refractivity contribution in [1.82, 2.24) is 19.5 Å². The van der Waals surface area contributed by atoms with Gasteiger partial charge in [-0.2, -0.15) is 5.26 Å². The van der Waals surface area contributed by atoms with Crippen molar-refractivity contribution in [1.29, 1.82) is 5.26 Å². The third-order valence-electron chi connectivity index (χ3n) is 4.77. The normalized spacial score (nSPS) is 18.0. The maximum absolute atomic E-state index is 12.9. The number of carbonyl (C=O) groups is 1. The smallest absolute Gasteiger partial charge is 0.236 e. The number of fused-ring (bicyclic) bond motifs is 1. The van der Waals surface area contributed by atoms with Crippen molar-refractivity contribution in [3.05, 3.63) is 24.4 Å². The van der Waals surface area contributed by atoms with Gasteiger partial charge in [0.05, 0.1) is 11.3 Å². The summed E-state index contributed by atoms with van der Waals surface area (Å²) in [5, 5.41) is 18.3. The highest BCUT2D eigenvalue weighted by molar-refractivity contribution is 8.00. The minimum atomic E-state index is -0.656.